The Morgan fingerprint density at radius 2 is 2.25 bits per heavy atom. The molecule has 1 saturated carbocycles. The van der Waals surface area contributed by atoms with Gasteiger partial charge >= 0.3 is 0 Å². The van der Waals surface area contributed by atoms with Crippen molar-refractivity contribution in [2.24, 2.45) is 11.8 Å². The standard InChI is InChI=1S/C12H20BrN3/c1-8(2)9-4-3-5-10(6-9)16-12(14)11(13)7-15-16/h7-10H,3-6,14H2,1-2H3. The summed E-state index contributed by atoms with van der Waals surface area (Å²) in [6.45, 7) is 4.63. The largest absolute Gasteiger partial charge is 0.383 e. The Hall–Kier alpha value is -0.510. The highest BCUT2D eigenvalue weighted by Gasteiger charge is 2.26. The minimum absolute atomic E-state index is 0.493. The van der Waals surface area contributed by atoms with Crippen molar-refractivity contribution in [3.63, 3.8) is 0 Å². The number of hydrogen-bond donors (Lipinski definition) is 1. The van der Waals surface area contributed by atoms with Crippen molar-refractivity contribution in [2.45, 2.75) is 45.6 Å². The molecule has 0 bridgehead atoms. The molecule has 1 fully saturated rings. The second-order valence-electron chi connectivity index (χ2n) is 5.15. The van der Waals surface area contributed by atoms with Crippen LogP contribution in [0.15, 0.2) is 10.7 Å². The zero-order valence-electron chi connectivity index (χ0n) is 9.99. The maximum Gasteiger partial charge on any atom is 0.136 e. The van der Waals surface area contributed by atoms with Crippen LogP contribution in [0.5, 0.6) is 0 Å². The minimum atomic E-state index is 0.493. The number of nitrogens with two attached hydrogens (primary N) is 1. The first-order valence-electron chi connectivity index (χ1n) is 6.08. The Morgan fingerprint density at radius 1 is 1.50 bits per heavy atom. The molecule has 1 aliphatic rings. The van der Waals surface area contributed by atoms with Crippen molar-refractivity contribution in [3.8, 4) is 0 Å². The van der Waals surface area contributed by atoms with E-state index in [1.807, 2.05) is 4.68 Å². The number of halogens is 1. The Labute approximate surface area is 106 Å². The van der Waals surface area contributed by atoms with Crippen molar-refractivity contribution >= 4 is 21.7 Å². The first-order chi connectivity index (χ1) is 7.59. The fourth-order valence-electron chi connectivity index (χ4n) is 2.67. The zero-order chi connectivity index (χ0) is 11.7. The van der Waals surface area contributed by atoms with Gasteiger partial charge in [0, 0.05) is 0 Å². The van der Waals surface area contributed by atoms with Gasteiger partial charge < -0.3 is 5.73 Å². The van der Waals surface area contributed by atoms with E-state index in [1.165, 1.54) is 25.7 Å². The van der Waals surface area contributed by atoms with E-state index < -0.39 is 0 Å². The molecule has 1 aliphatic carbocycles. The van der Waals surface area contributed by atoms with Crippen LogP contribution in [-0.2, 0) is 0 Å². The van der Waals surface area contributed by atoms with Crippen molar-refractivity contribution in [1.29, 1.82) is 0 Å². The van der Waals surface area contributed by atoms with E-state index in [2.05, 4.69) is 34.9 Å². The molecule has 16 heavy (non-hydrogen) atoms. The molecule has 0 aliphatic heterocycles. The predicted molar refractivity (Wildman–Crippen MR) is 70.2 cm³/mol. The van der Waals surface area contributed by atoms with Crippen molar-refractivity contribution in [3.05, 3.63) is 10.7 Å². The first-order valence-corrected chi connectivity index (χ1v) is 6.87. The summed E-state index contributed by atoms with van der Waals surface area (Å²) >= 11 is 3.42. The van der Waals surface area contributed by atoms with Gasteiger partial charge in [0.2, 0.25) is 0 Å². The minimum Gasteiger partial charge on any atom is -0.383 e. The monoisotopic (exact) mass is 285 g/mol. The van der Waals surface area contributed by atoms with Gasteiger partial charge in [0.15, 0.2) is 0 Å². The summed E-state index contributed by atoms with van der Waals surface area (Å²) in [6, 6.07) is 0.493. The smallest absolute Gasteiger partial charge is 0.136 e. The van der Waals surface area contributed by atoms with Gasteiger partial charge in [0.05, 0.1) is 16.7 Å². The molecule has 1 heterocycles. The molecular formula is C12H20BrN3. The molecule has 0 aromatic carbocycles. The third kappa shape index (κ3) is 2.26. The quantitative estimate of drug-likeness (QED) is 0.902. The molecule has 0 amide bonds. The van der Waals surface area contributed by atoms with E-state index >= 15 is 0 Å². The lowest BCUT2D eigenvalue weighted by Crippen LogP contribution is -2.24. The molecule has 90 valence electrons. The second-order valence-corrected chi connectivity index (χ2v) is 6.00. The Kier molecular flexibility index (Phi) is 3.57. The van der Waals surface area contributed by atoms with Crippen molar-refractivity contribution < 1.29 is 0 Å². The molecule has 0 spiro atoms. The molecule has 3 nitrogen and oxygen atoms in total. The highest BCUT2D eigenvalue weighted by atomic mass is 79.9. The molecule has 1 aromatic rings. The maximum absolute atomic E-state index is 6.01. The van der Waals surface area contributed by atoms with Gasteiger partial charge in [-0.05, 0) is 40.6 Å². The van der Waals surface area contributed by atoms with Gasteiger partial charge in [-0.1, -0.05) is 26.7 Å². The lowest BCUT2D eigenvalue weighted by molar-refractivity contribution is 0.208. The third-order valence-electron chi connectivity index (χ3n) is 3.76. The van der Waals surface area contributed by atoms with E-state index in [0.29, 0.717) is 6.04 Å². The predicted octanol–water partition coefficient (Wildman–Crippen LogP) is 3.62. The molecule has 2 unspecified atom stereocenters. The lowest BCUT2D eigenvalue weighted by atomic mass is 9.79. The molecule has 2 rings (SSSR count). The summed E-state index contributed by atoms with van der Waals surface area (Å²) in [5, 5.41) is 4.38. The fraction of sp³-hybridized carbons (Fsp3) is 0.750. The average molecular weight is 286 g/mol. The van der Waals surface area contributed by atoms with Crippen LogP contribution in [0.25, 0.3) is 0 Å². The van der Waals surface area contributed by atoms with Crippen LogP contribution in [0.3, 0.4) is 0 Å². The van der Waals surface area contributed by atoms with Gasteiger partial charge in [-0.15, -0.1) is 0 Å². The normalized spacial score (nSPS) is 26.2. The number of hydrogen-bond acceptors (Lipinski definition) is 2. The van der Waals surface area contributed by atoms with E-state index in [4.69, 9.17) is 5.73 Å². The van der Waals surface area contributed by atoms with Crippen LogP contribution in [0, 0.1) is 11.8 Å². The summed E-state index contributed by atoms with van der Waals surface area (Å²) in [5.74, 6) is 2.36. The molecule has 0 radical (unpaired) electrons. The van der Waals surface area contributed by atoms with Crippen LogP contribution in [0.4, 0.5) is 5.82 Å². The summed E-state index contributed by atoms with van der Waals surface area (Å²) in [5.41, 5.74) is 6.01. The number of nitrogens with zero attached hydrogens (tertiary/aromatic N) is 2. The molecule has 1 aromatic heterocycles. The summed E-state index contributed by atoms with van der Waals surface area (Å²) in [7, 11) is 0. The van der Waals surface area contributed by atoms with E-state index in [-0.39, 0.29) is 0 Å². The summed E-state index contributed by atoms with van der Waals surface area (Å²) in [4.78, 5) is 0. The molecule has 4 heteroatoms. The number of anilines is 1. The fourth-order valence-corrected chi connectivity index (χ4v) is 2.94. The summed E-state index contributed by atoms with van der Waals surface area (Å²) < 4.78 is 2.91. The number of aromatic nitrogens is 2. The first kappa shape index (κ1) is 12.0. The maximum atomic E-state index is 6.01. The lowest BCUT2D eigenvalue weighted by Gasteiger charge is -2.32. The molecule has 0 saturated heterocycles. The Morgan fingerprint density at radius 3 is 2.81 bits per heavy atom. The molecular weight excluding hydrogens is 266 g/mol. The van der Waals surface area contributed by atoms with Crippen LogP contribution < -0.4 is 5.73 Å². The molecule has 2 N–H and O–H groups in total. The van der Waals surface area contributed by atoms with Crippen LogP contribution in [0.1, 0.15) is 45.6 Å². The topological polar surface area (TPSA) is 43.8 Å². The van der Waals surface area contributed by atoms with Gasteiger partial charge in [0.1, 0.15) is 5.82 Å². The van der Waals surface area contributed by atoms with E-state index in [9.17, 15) is 0 Å². The Balaban J connectivity index is 2.13. The zero-order valence-corrected chi connectivity index (χ0v) is 11.6. The highest BCUT2D eigenvalue weighted by Crippen LogP contribution is 2.37. The van der Waals surface area contributed by atoms with Gasteiger partial charge in [0.25, 0.3) is 0 Å². The Bertz CT molecular complexity index is 359. The number of rotatable bonds is 2. The van der Waals surface area contributed by atoms with Gasteiger partial charge in [-0.2, -0.15) is 5.10 Å². The van der Waals surface area contributed by atoms with Crippen molar-refractivity contribution in [1.82, 2.24) is 9.78 Å². The highest BCUT2D eigenvalue weighted by molar-refractivity contribution is 9.10. The summed E-state index contributed by atoms with van der Waals surface area (Å²) in [6.07, 6.45) is 6.88. The van der Waals surface area contributed by atoms with Crippen LogP contribution in [-0.4, -0.2) is 9.78 Å². The van der Waals surface area contributed by atoms with Crippen LogP contribution in [0.2, 0.25) is 0 Å². The second kappa shape index (κ2) is 4.78. The van der Waals surface area contributed by atoms with Gasteiger partial charge in [-0.3, -0.25) is 0 Å². The average Bonchev–Trinajstić information content (AvgIpc) is 2.60. The van der Waals surface area contributed by atoms with Gasteiger partial charge in [-0.25, -0.2) is 4.68 Å². The molecule has 2 atom stereocenters. The van der Waals surface area contributed by atoms with E-state index in [0.717, 1.165) is 22.1 Å². The third-order valence-corrected chi connectivity index (χ3v) is 4.37. The number of nitrogen functional groups attached to an aromatic ring is 1. The van der Waals surface area contributed by atoms with E-state index in [1.54, 1.807) is 6.20 Å². The SMILES string of the molecule is CC(C)C1CCCC(n2ncc(Br)c2N)C1. The van der Waals surface area contributed by atoms with Crippen LogP contribution >= 0.6 is 15.9 Å². The van der Waals surface area contributed by atoms with Crippen molar-refractivity contribution in [2.75, 3.05) is 5.73 Å².